The molecule has 2 N–H and O–H groups in total. The van der Waals surface area contributed by atoms with Crippen molar-refractivity contribution in [2.24, 2.45) is 5.92 Å². The first-order valence-corrected chi connectivity index (χ1v) is 10.5. The van der Waals surface area contributed by atoms with E-state index in [1.165, 1.54) is 13.8 Å². The lowest BCUT2D eigenvalue weighted by Crippen LogP contribution is -2.48. The lowest BCUT2D eigenvalue weighted by molar-refractivity contribution is -0.131. The predicted molar refractivity (Wildman–Crippen MR) is 119 cm³/mol. The van der Waals surface area contributed by atoms with Crippen LogP contribution in [0.15, 0.2) is 64.3 Å². The highest BCUT2D eigenvalue weighted by Crippen LogP contribution is 2.47. The average Bonchev–Trinajstić information content (AvgIpc) is 2.62. The van der Waals surface area contributed by atoms with E-state index in [1.54, 1.807) is 19.1 Å². The molecule has 0 spiro atoms. The fraction of sp³-hybridized carbons (Fsp3) is 0.304. The van der Waals surface area contributed by atoms with Gasteiger partial charge in [-0.25, -0.2) is 0 Å². The molecule has 0 aromatic heterocycles. The number of nitrogens with one attached hydrogen (secondary N) is 1. The Kier molecular flexibility index (Phi) is 6.32. The van der Waals surface area contributed by atoms with Crippen molar-refractivity contribution in [2.75, 3.05) is 5.32 Å². The average molecular weight is 477 g/mol. The van der Waals surface area contributed by atoms with Crippen LogP contribution < -0.4 is 5.32 Å². The Bertz CT molecular complexity index is 965. The summed E-state index contributed by atoms with van der Waals surface area (Å²) in [6, 6.07) is 14.7. The standard InChI is InChI=1S/C23H23BrClNO3/c1-13(27)20-19(26-18-10-6-16(24)7-11-18)12-23(3,29)22(14(2)28)21(20)15-4-8-17(25)9-5-15/h4-11,21-22,26,29H,12H2,1-3H3/t21-,22+,23+/m1/s1. The monoisotopic (exact) mass is 475 g/mol. The molecule has 29 heavy (non-hydrogen) atoms. The lowest BCUT2D eigenvalue weighted by Gasteiger charge is -2.43. The van der Waals surface area contributed by atoms with Crippen LogP contribution in [0.25, 0.3) is 0 Å². The Balaban J connectivity index is 2.19. The summed E-state index contributed by atoms with van der Waals surface area (Å²) in [7, 11) is 0. The molecule has 1 aliphatic carbocycles. The second-order valence-corrected chi connectivity index (χ2v) is 9.08. The van der Waals surface area contributed by atoms with Crippen molar-refractivity contribution in [3.05, 3.63) is 74.9 Å². The van der Waals surface area contributed by atoms with Crippen molar-refractivity contribution >= 4 is 44.8 Å². The molecule has 0 saturated carbocycles. The predicted octanol–water partition coefficient (Wildman–Crippen LogP) is 5.50. The van der Waals surface area contributed by atoms with E-state index in [0.29, 0.717) is 16.3 Å². The molecule has 4 nitrogen and oxygen atoms in total. The number of benzene rings is 2. The van der Waals surface area contributed by atoms with Gasteiger partial charge in [-0.05, 0) is 62.7 Å². The van der Waals surface area contributed by atoms with Gasteiger partial charge >= 0.3 is 0 Å². The molecule has 1 aliphatic rings. The molecule has 2 aromatic rings. The first kappa shape index (κ1) is 21.8. The van der Waals surface area contributed by atoms with Crippen LogP contribution in [-0.2, 0) is 9.59 Å². The smallest absolute Gasteiger partial charge is 0.158 e. The summed E-state index contributed by atoms with van der Waals surface area (Å²) in [5.74, 6) is -1.59. The van der Waals surface area contributed by atoms with Crippen LogP contribution in [0.5, 0.6) is 0 Å². The lowest BCUT2D eigenvalue weighted by atomic mass is 9.64. The van der Waals surface area contributed by atoms with Crippen molar-refractivity contribution in [1.29, 1.82) is 0 Å². The second kappa shape index (κ2) is 8.42. The zero-order valence-corrected chi connectivity index (χ0v) is 18.8. The van der Waals surface area contributed by atoms with Crippen molar-refractivity contribution in [2.45, 2.75) is 38.7 Å². The summed E-state index contributed by atoms with van der Waals surface area (Å²) < 4.78 is 0.940. The SMILES string of the molecule is CC(=O)C1=C(Nc2ccc(Br)cc2)C[C@](C)(O)[C@@H](C(C)=O)[C@@H]1c1ccc(Cl)cc1. The summed E-state index contributed by atoms with van der Waals surface area (Å²) in [6.45, 7) is 4.62. The first-order chi connectivity index (χ1) is 13.6. The number of allylic oxidation sites excluding steroid dienone is 1. The van der Waals surface area contributed by atoms with E-state index >= 15 is 0 Å². The van der Waals surface area contributed by atoms with Crippen LogP contribution in [0.2, 0.25) is 5.02 Å². The van der Waals surface area contributed by atoms with Crippen LogP contribution in [0, 0.1) is 5.92 Å². The minimum atomic E-state index is -1.31. The third kappa shape index (κ3) is 4.63. The molecule has 0 aliphatic heterocycles. The molecule has 0 unspecified atom stereocenters. The minimum Gasteiger partial charge on any atom is -0.389 e. The Morgan fingerprint density at radius 1 is 1.10 bits per heavy atom. The van der Waals surface area contributed by atoms with E-state index in [-0.39, 0.29) is 18.0 Å². The Morgan fingerprint density at radius 2 is 1.69 bits per heavy atom. The number of carbonyl (C=O) groups excluding carboxylic acids is 2. The van der Waals surface area contributed by atoms with Crippen molar-refractivity contribution in [3.63, 3.8) is 0 Å². The van der Waals surface area contributed by atoms with Gasteiger partial charge in [0, 0.05) is 38.8 Å². The Morgan fingerprint density at radius 3 is 2.21 bits per heavy atom. The number of ketones is 2. The third-order valence-electron chi connectivity index (χ3n) is 5.36. The van der Waals surface area contributed by atoms with E-state index in [1.807, 2.05) is 36.4 Å². The van der Waals surface area contributed by atoms with Crippen molar-refractivity contribution in [1.82, 2.24) is 0 Å². The van der Waals surface area contributed by atoms with Crippen LogP contribution in [-0.4, -0.2) is 22.3 Å². The van der Waals surface area contributed by atoms with E-state index < -0.39 is 17.4 Å². The van der Waals surface area contributed by atoms with Gasteiger partial charge in [0.1, 0.15) is 5.78 Å². The number of Topliss-reactive ketones (excluding diaryl/α,β-unsaturated/α-hetero) is 2. The quantitative estimate of drug-likeness (QED) is 0.598. The zero-order valence-electron chi connectivity index (χ0n) is 16.5. The molecule has 3 atom stereocenters. The van der Waals surface area contributed by atoms with Crippen LogP contribution >= 0.6 is 27.5 Å². The number of aliphatic hydroxyl groups is 1. The van der Waals surface area contributed by atoms with Crippen molar-refractivity contribution in [3.8, 4) is 0 Å². The van der Waals surface area contributed by atoms with E-state index in [9.17, 15) is 14.7 Å². The molecule has 0 radical (unpaired) electrons. The molecule has 6 heteroatoms. The summed E-state index contributed by atoms with van der Waals surface area (Å²) in [5, 5.41) is 15.1. The largest absolute Gasteiger partial charge is 0.389 e. The summed E-state index contributed by atoms with van der Waals surface area (Å²) in [4.78, 5) is 25.3. The maximum Gasteiger partial charge on any atom is 0.158 e. The Hall–Kier alpha value is -1.95. The van der Waals surface area contributed by atoms with Gasteiger partial charge in [0.2, 0.25) is 0 Å². The number of anilines is 1. The van der Waals surface area contributed by atoms with Crippen LogP contribution in [0.3, 0.4) is 0 Å². The van der Waals surface area contributed by atoms with Gasteiger partial charge in [0.25, 0.3) is 0 Å². The topological polar surface area (TPSA) is 66.4 Å². The first-order valence-electron chi connectivity index (χ1n) is 9.35. The van der Waals surface area contributed by atoms with Gasteiger partial charge in [-0.3, -0.25) is 9.59 Å². The molecular weight excluding hydrogens is 454 g/mol. The van der Waals surface area contributed by atoms with Gasteiger partial charge in [0.15, 0.2) is 5.78 Å². The van der Waals surface area contributed by atoms with Crippen LogP contribution in [0.1, 0.15) is 38.7 Å². The molecule has 0 fully saturated rings. The highest BCUT2D eigenvalue weighted by Gasteiger charge is 2.49. The molecule has 3 rings (SSSR count). The van der Waals surface area contributed by atoms with E-state index in [0.717, 1.165) is 15.7 Å². The fourth-order valence-electron chi connectivity index (χ4n) is 4.23. The van der Waals surface area contributed by atoms with Gasteiger partial charge < -0.3 is 10.4 Å². The van der Waals surface area contributed by atoms with E-state index in [2.05, 4.69) is 21.2 Å². The van der Waals surface area contributed by atoms with Gasteiger partial charge in [-0.2, -0.15) is 0 Å². The highest BCUT2D eigenvalue weighted by atomic mass is 79.9. The normalized spacial score (nSPS) is 24.3. The number of hydrogen-bond donors (Lipinski definition) is 2. The van der Waals surface area contributed by atoms with Crippen molar-refractivity contribution < 1.29 is 14.7 Å². The third-order valence-corrected chi connectivity index (χ3v) is 6.14. The molecule has 0 bridgehead atoms. The maximum atomic E-state index is 12.8. The molecule has 0 amide bonds. The number of hydrogen-bond acceptors (Lipinski definition) is 4. The summed E-state index contributed by atoms with van der Waals surface area (Å²) in [6.07, 6.45) is 0.173. The second-order valence-electron chi connectivity index (χ2n) is 7.73. The summed E-state index contributed by atoms with van der Waals surface area (Å²) >= 11 is 9.45. The zero-order chi connectivity index (χ0) is 21.3. The fourth-order valence-corrected chi connectivity index (χ4v) is 4.62. The van der Waals surface area contributed by atoms with Gasteiger partial charge in [0.05, 0.1) is 11.5 Å². The Labute approximate surface area is 184 Å². The van der Waals surface area contributed by atoms with Gasteiger partial charge in [-0.15, -0.1) is 0 Å². The highest BCUT2D eigenvalue weighted by molar-refractivity contribution is 9.10. The minimum absolute atomic E-state index is 0.133. The molecule has 2 aromatic carbocycles. The van der Waals surface area contributed by atoms with E-state index in [4.69, 9.17) is 11.6 Å². The van der Waals surface area contributed by atoms with Gasteiger partial charge in [-0.1, -0.05) is 39.7 Å². The molecular formula is C23H23BrClNO3. The summed E-state index contributed by atoms with van der Waals surface area (Å²) in [5.41, 5.74) is 1.40. The molecule has 0 heterocycles. The van der Waals surface area contributed by atoms with Crippen LogP contribution in [0.4, 0.5) is 5.69 Å². The molecule has 152 valence electrons. The maximum absolute atomic E-state index is 12.8. The molecule has 0 saturated heterocycles. The number of rotatable bonds is 5. The number of carbonyl (C=O) groups is 2. The number of halogens is 2.